The Labute approximate surface area is 119 Å². The number of aromatic amines is 1. The van der Waals surface area contributed by atoms with Gasteiger partial charge in [0, 0.05) is 17.6 Å². The molecule has 0 bridgehead atoms. The predicted octanol–water partition coefficient (Wildman–Crippen LogP) is 0.710. The minimum Gasteiger partial charge on any atom is -0.508 e. The zero-order chi connectivity index (χ0) is 14.8. The summed E-state index contributed by atoms with van der Waals surface area (Å²) in [4.78, 5) is 12.1. The molecule has 21 heavy (non-hydrogen) atoms. The standard InChI is InChI=1S/C13H13N5O3/c19-4-3-18-7-8(6-14-18)13(21)15-12-10-2-1-9(20)5-11(10)16-17-12/h1-2,5-7,19-20H,3-4H2,(H2,15,16,17,21). The molecule has 0 spiro atoms. The van der Waals surface area contributed by atoms with Gasteiger partial charge in [-0.25, -0.2) is 0 Å². The van der Waals surface area contributed by atoms with Crippen molar-refractivity contribution in [2.45, 2.75) is 6.54 Å². The van der Waals surface area contributed by atoms with Crippen LogP contribution in [0, 0.1) is 0 Å². The average Bonchev–Trinajstić information content (AvgIpc) is 3.06. The number of aromatic nitrogens is 4. The molecule has 1 amide bonds. The summed E-state index contributed by atoms with van der Waals surface area (Å²) >= 11 is 0. The van der Waals surface area contributed by atoms with Crippen molar-refractivity contribution < 1.29 is 15.0 Å². The van der Waals surface area contributed by atoms with Gasteiger partial charge in [-0.05, 0) is 12.1 Å². The van der Waals surface area contributed by atoms with E-state index in [9.17, 15) is 9.90 Å². The van der Waals surface area contributed by atoms with E-state index in [0.29, 0.717) is 28.8 Å². The van der Waals surface area contributed by atoms with E-state index < -0.39 is 0 Å². The monoisotopic (exact) mass is 287 g/mol. The Morgan fingerprint density at radius 3 is 3.10 bits per heavy atom. The smallest absolute Gasteiger partial charge is 0.260 e. The van der Waals surface area contributed by atoms with Gasteiger partial charge >= 0.3 is 0 Å². The maximum Gasteiger partial charge on any atom is 0.260 e. The number of H-pyrrole nitrogens is 1. The highest BCUT2D eigenvalue weighted by Crippen LogP contribution is 2.24. The number of aliphatic hydroxyl groups excluding tert-OH is 1. The highest BCUT2D eigenvalue weighted by Gasteiger charge is 2.13. The fourth-order valence-electron chi connectivity index (χ4n) is 1.99. The molecule has 0 saturated heterocycles. The molecule has 8 nitrogen and oxygen atoms in total. The molecule has 1 aromatic carbocycles. The van der Waals surface area contributed by atoms with Gasteiger partial charge in [0.25, 0.3) is 5.91 Å². The van der Waals surface area contributed by atoms with E-state index in [1.165, 1.54) is 23.0 Å². The largest absolute Gasteiger partial charge is 0.508 e. The number of benzene rings is 1. The number of phenolic OH excluding ortho intramolecular Hbond substituents is 1. The number of amides is 1. The van der Waals surface area contributed by atoms with Crippen molar-refractivity contribution in [2.24, 2.45) is 0 Å². The molecular formula is C13H13N5O3. The number of carbonyl (C=O) groups excluding carboxylic acids is 1. The number of fused-ring (bicyclic) bond motifs is 1. The van der Waals surface area contributed by atoms with Crippen LogP contribution in [0.3, 0.4) is 0 Å². The summed E-state index contributed by atoms with van der Waals surface area (Å²) in [6, 6.07) is 4.71. The zero-order valence-corrected chi connectivity index (χ0v) is 10.9. The number of anilines is 1. The van der Waals surface area contributed by atoms with Crippen molar-refractivity contribution in [3.63, 3.8) is 0 Å². The first-order valence-corrected chi connectivity index (χ1v) is 6.29. The summed E-state index contributed by atoms with van der Waals surface area (Å²) in [5.41, 5.74) is 1.000. The molecule has 0 aliphatic heterocycles. The van der Waals surface area contributed by atoms with Crippen LogP contribution >= 0.6 is 0 Å². The van der Waals surface area contributed by atoms with Crippen LogP contribution in [0.25, 0.3) is 10.9 Å². The first kappa shape index (κ1) is 13.1. The van der Waals surface area contributed by atoms with Gasteiger partial charge in [0.05, 0.1) is 30.4 Å². The van der Waals surface area contributed by atoms with Crippen LogP contribution in [-0.2, 0) is 6.54 Å². The first-order chi connectivity index (χ1) is 10.2. The number of hydrogen-bond acceptors (Lipinski definition) is 5. The summed E-state index contributed by atoms with van der Waals surface area (Å²) < 4.78 is 1.48. The van der Waals surface area contributed by atoms with Gasteiger partial charge in [0.15, 0.2) is 5.82 Å². The number of nitrogens with zero attached hydrogens (tertiary/aromatic N) is 3. The Kier molecular flexibility index (Phi) is 3.28. The van der Waals surface area contributed by atoms with Crippen LogP contribution < -0.4 is 5.32 Å². The van der Waals surface area contributed by atoms with Crippen LogP contribution in [0.2, 0.25) is 0 Å². The Hall–Kier alpha value is -2.87. The number of carbonyl (C=O) groups is 1. The summed E-state index contributed by atoms with van der Waals surface area (Å²) in [6.45, 7) is 0.286. The lowest BCUT2D eigenvalue weighted by atomic mass is 10.2. The van der Waals surface area contributed by atoms with Crippen molar-refractivity contribution in [1.29, 1.82) is 0 Å². The molecule has 3 rings (SSSR count). The normalized spacial score (nSPS) is 10.9. The molecule has 4 N–H and O–H groups in total. The molecule has 3 aromatic rings. The summed E-state index contributed by atoms with van der Waals surface area (Å²) in [7, 11) is 0. The van der Waals surface area contributed by atoms with Gasteiger partial charge in [0.1, 0.15) is 5.75 Å². The quantitative estimate of drug-likeness (QED) is 0.564. The van der Waals surface area contributed by atoms with Gasteiger partial charge in [-0.2, -0.15) is 10.2 Å². The first-order valence-electron chi connectivity index (χ1n) is 6.29. The fraction of sp³-hybridized carbons (Fsp3) is 0.154. The number of phenols is 1. The van der Waals surface area contributed by atoms with E-state index in [1.807, 2.05) is 0 Å². The molecule has 0 atom stereocenters. The highest BCUT2D eigenvalue weighted by molar-refractivity contribution is 6.07. The molecule has 0 aliphatic carbocycles. The van der Waals surface area contributed by atoms with Gasteiger partial charge in [-0.1, -0.05) is 0 Å². The van der Waals surface area contributed by atoms with Crippen LogP contribution in [0.15, 0.2) is 30.6 Å². The van der Waals surface area contributed by atoms with E-state index in [0.717, 1.165) is 0 Å². The molecule has 108 valence electrons. The second-order valence-corrected chi connectivity index (χ2v) is 4.47. The summed E-state index contributed by atoms with van der Waals surface area (Å²) in [5.74, 6) is 0.153. The van der Waals surface area contributed by atoms with E-state index in [-0.39, 0.29) is 18.3 Å². The third kappa shape index (κ3) is 2.56. The number of rotatable bonds is 4. The molecule has 2 aromatic heterocycles. The van der Waals surface area contributed by atoms with Gasteiger partial charge in [0.2, 0.25) is 0 Å². The molecule has 0 radical (unpaired) electrons. The third-order valence-electron chi connectivity index (χ3n) is 3.00. The minimum atomic E-state index is -0.347. The molecule has 0 aliphatic rings. The fourth-order valence-corrected chi connectivity index (χ4v) is 1.99. The average molecular weight is 287 g/mol. The van der Waals surface area contributed by atoms with Crippen LogP contribution in [0.5, 0.6) is 5.75 Å². The topological polar surface area (TPSA) is 116 Å². The molecule has 0 unspecified atom stereocenters. The lowest BCUT2D eigenvalue weighted by Gasteiger charge is -2.00. The van der Waals surface area contributed by atoms with E-state index in [1.54, 1.807) is 12.3 Å². The Morgan fingerprint density at radius 2 is 2.29 bits per heavy atom. The van der Waals surface area contributed by atoms with Crippen LogP contribution in [-0.4, -0.2) is 42.7 Å². The van der Waals surface area contributed by atoms with E-state index >= 15 is 0 Å². The van der Waals surface area contributed by atoms with E-state index in [2.05, 4.69) is 20.6 Å². The molecule has 0 fully saturated rings. The third-order valence-corrected chi connectivity index (χ3v) is 3.00. The van der Waals surface area contributed by atoms with Crippen molar-refractivity contribution >= 4 is 22.6 Å². The van der Waals surface area contributed by atoms with E-state index in [4.69, 9.17) is 5.11 Å². The molecule has 8 heteroatoms. The molecule has 2 heterocycles. The van der Waals surface area contributed by atoms with Gasteiger partial charge in [-0.15, -0.1) is 0 Å². The maximum absolute atomic E-state index is 12.1. The van der Waals surface area contributed by atoms with Crippen molar-refractivity contribution in [2.75, 3.05) is 11.9 Å². The number of hydrogen-bond donors (Lipinski definition) is 4. The van der Waals surface area contributed by atoms with Crippen molar-refractivity contribution in [3.8, 4) is 5.75 Å². The lowest BCUT2D eigenvalue weighted by molar-refractivity contribution is 0.102. The zero-order valence-electron chi connectivity index (χ0n) is 10.9. The highest BCUT2D eigenvalue weighted by atomic mass is 16.3. The number of aromatic hydroxyl groups is 1. The number of nitrogens with one attached hydrogen (secondary N) is 2. The van der Waals surface area contributed by atoms with Crippen LogP contribution in [0.1, 0.15) is 10.4 Å². The Morgan fingerprint density at radius 1 is 1.43 bits per heavy atom. The van der Waals surface area contributed by atoms with Crippen molar-refractivity contribution in [3.05, 3.63) is 36.2 Å². The summed E-state index contributed by atoms with van der Waals surface area (Å²) in [5, 5.41) is 32.3. The Bertz CT molecular complexity index is 792. The molecular weight excluding hydrogens is 274 g/mol. The maximum atomic E-state index is 12.1. The van der Waals surface area contributed by atoms with Crippen LogP contribution in [0.4, 0.5) is 5.82 Å². The second kappa shape index (κ2) is 5.25. The Balaban J connectivity index is 1.82. The predicted molar refractivity (Wildman–Crippen MR) is 75.0 cm³/mol. The van der Waals surface area contributed by atoms with Crippen molar-refractivity contribution in [1.82, 2.24) is 20.0 Å². The molecule has 0 saturated carbocycles. The second-order valence-electron chi connectivity index (χ2n) is 4.47. The number of aliphatic hydroxyl groups is 1. The SMILES string of the molecule is O=C(Nc1n[nH]c2cc(O)ccc12)c1cnn(CCO)c1. The lowest BCUT2D eigenvalue weighted by Crippen LogP contribution is -2.11. The minimum absolute atomic E-state index is 0.0454. The van der Waals surface area contributed by atoms with Gasteiger partial charge in [-0.3, -0.25) is 14.6 Å². The van der Waals surface area contributed by atoms with Gasteiger partial charge < -0.3 is 15.5 Å². The summed E-state index contributed by atoms with van der Waals surface area (Å²) in [6.07, 6.45) is 2.97.